The number of nitrogens with zero attached hydrogens (tertiary/aromatic N) is 8. The molecule has 3 N–H and O–H groups in total. The van der Waals surface area contributed by atoms with E-state index in [1.165, 1.54) is 40.1 Å². The molecule has 0 amide bonds. The molecule has 12 nitrogen and oxygen atoms in total. The summed E-state index contributed by atoms with van der Waals surface area (Å²) in [6, 6.07) is 106. The molecule has 9 aromatic heterocycles. The van der Waals surface area contributed by atoms with Crippen LogP contribution >= 0.6 is 11.3 Å². The van der Waals surface area contributed by atoms with Gasteiger partial charge in [-0.1, -0.05) is 120 Å². The number of hydrogen-bond acceptors (Lipinski definition) is 12. The largest absolute Gasteiger partial charge is 0.477 e. The van der Waals surface area contributed by atoms with Crippen LogP contribution in [0.5, 0.6) is 0 Å². The molecule has 0 saturated heterocycles. The maximum atomic E-state index is 13.2. The van der Waals surface area contributed by atoms with Gasteiger partial charge in [-0.05, 0) is 142 Å². The van der Waals surface area contributed by atoms with Crippen LogP contribution in [0.25, 0.3) is 55.6 Å². The zero-order valence-corrected chi connectivity index (χ0v) is 76.0. The molecule has 0 bridgehead atoms. The van der Waals surface area contributed by atoms with Crippen molar-refractivity contribution in [1.29, 1.82) is 0 Å². The number of halogens is 2. The summed E-state index contributed by atoms with van der Waals surface area (Å²) in [6.45, 7) is 18.8. The van der Waals surface area contributed by atoms with Crippen LogP contribution in [0.1, 0.15) is 59.9 Å². The Morgan fingerprint density at radius 1 is 0.453 bits per heavy atom. The minimum atomic E-state index is -0.990. The Morgan fingerprint density at radius 3 is 1.23 bits per heavy atom. The van der Waals surface area contributed by atoms with Crippen LogP contribution in [0.2, 0.25) is 0 Å². The Bertz CT molecular complexity index is 4720. The van der Waals surface area contributed by atoms with Crippen molar-refractivity contribution in [3.05, 3.63) is 460 Å². The van der Waals surface area contributed by atoms with Crippen LogP contribution in [0.3, 0.4) is 0 Å². The Kier molecular flexibility index (Phi) is 62.1. The van der Waals surface area contributed by atoms with Crippen LogP contribution in [0.15, 0.2) is 378 Å². The molecule has 2 unspecified atom stereocenters. The van der Waals surface area contributed by atoms with Crippen LogP contribution in [0.4, 0.5) is 8.78 Å². The number of carbonyl (C=O) groups is 1. The van der Waals surface area contributed by atoms with E-state index >= 15 is 0 Å². The monoisotopic (exact) mass is 2280 g/mol. The second-order valence-corrected chi connectivity index (χ2v) is 24.5. The Balaban J connectivity index is 0.00000128. The van der Waals surface area contributed by atoms with Crippen LogP contribution in [-0.2, 0) is 119 Å². The average molecular weight is 2280 g/mol. The number of aromatic nitrogens is 8. The molecular formula is C97H89F2Ir3N8O4Rh2S-7. The second kappa shape index (κ2) is 68.0. The van der Waals surface area contributed by atoms with Crippen molar-refractivity contribution in [1.82, 2.24) is 39.9 Å². The van der Waals surface area contributed by atoms with E-state index in [-0.39, 0.29) is 123 Å². The third-order valence-electron chi connectivity index (χ3n) is 14.0. The molecule has 2 atom stereocenters. The summed E-state index contributed by atoms with van der Waals surface area (Å²) >= 11 is 1.66. The van der Waals surface area contributed by atoms with Gasteiger partial charge in [0.1, 0.15) is 5.69 Å². The maximum Gasteiger partial charge on any atom is 0.354 e. The molecule has 0 aliphatic carbocycles. The topological polar surface area (TPSA) is 181 Å². The number of aryl methyl sites for hydroxylation is 1. The van der Waals surface area contributed by atoms with Gasteiger partial charge < -0.3 is 40.2 Å². The van der Waals surface area contributed by atoms with Crippen LogP contribution in [-0.4, -0.2) is 73.4 Å². The average Bonchev–Trinajstić information content (AvgIpc) is 1.57. The number of aromatic carboxylic acids is 1. The van der Waals surface area contributed by atoms with Crippen molar-refractivity contribution in [2.45, 2.75) is 65.6 Å². The summed E-state index contributed by atoms with van der Waals surface area (Å²) in [5, 5.41) is 27.5. The quantitative estimate of drug-likeness (QED) is 0.0533. The van der Waals surface area contributed by atoms with Crippen molar-refractivity contribution in [2.24, 2.45) is 0 Å². The van der Waals surface area contributed by atoms with Gasteiger partial charge in [0.15, 0.2) is 0 Å². The Morgan fingerprint density at radius 2 is 0.906 bits per heavy atom. The first kappa shape index (κ1) is 107. The van der Waals surface area contributed by atoms with E-state index < -0.39 is 17.6 Å². The molecule has 15 rings (SSSR count). The van der Waals surface area contributed by atoms with Crippen molar-refractivity contribution in [3.8, 4) is 55.6 Å². The fourth-order valence-electron chi connectivity index (χ4n) is 8.97. The summed E-state index contributed by atoms with van der Waals surface area (Å²) in [5.41, 5.74) is 13.8. The molecular weight excluding hydrogens is 2190 g/mol. The number of aliphatic hydroxyl groups is 2. The number of rotatable bonds is 14. The SMILES string of the molecule is C=C(C)Cc1c[c-]c(-c2ccccn2)cc1.C=CCc1c[c-]c(-c2ccccn2)cc1.C=CCc1cc[c-]c(-c2ccccn2)c1.CC(O)CC(C)O.Cc1c[c-]ccc1.Fc1c[c-]c(-c2ccccn2)c(F)c1.O=C(O)c1ccccn1.[Ir].[Ir].[Ir].[Rh].[Rh].[c-]1ccccc1.[c-]1ccsc1-c1ccccn1.c1ccncc1.c1ccncc1. The third-order valence-corrected chi connectivity index (χ3v) is 14.9. The van der Waals surface area contributed by atoms with Gasteiger partial charge >= 0.3 is 5.97 Å². The summed E-state index contributed by atoms with van der Waals surface area (Å²) in [7, 11) is 0. The number of aliphatic hydroxyl groups excluding tert-OH is 2. The summed E-state index contributed by atoms with van der Waals surface area (Å²) in [4.78, 5) is 43.4. The number of pyridine rings is 8. The fraction of sp³-hybridized carbons (Fsp3) is 0.103. The fourth-order valence-corrected chi connectivity index (χ4v) is 9.62. The van der Waals surface area contributed by atoms with E-state index in [9.17, 15) is 13.6 Å². The Labute approximate surface area is 759 Å². The first-order chi connectivity index (χ1) is 54.6. The molecule has 0 aliphatic rings. The second-order valence-electron chi connectivity index (χ2n) is 23.6. The third kappa shape index (κ3) is 49.5. The molecule has 613 valence electrons. The molecule has 20 heteroatoms. The summed E-state index contributed by atoms with van der Waals surface area (Å²) in [6.07, 6.45) is 23.4. The molecule has 6 aromatic carbocycles. The molecule has 0 aliphatic heterocycles. The predicted molar refractivity (Wildman–Crippen MR) is 450 cm³/mol. The van der Waals surface area contributed by atoms with Gasteiger partial charge in [0.2, 0.25) is 0 Å². The van der Waals surface area contributed by atoms with E-state index in [4.69, 9.17) is 15.3 Å². The molecule has 0 fully saturated rings. The first-order valence-corrected chi connectivity index (χ1v) is 36.3. The number of carboxylic acids is 1. The van der Waals surface area contributed by atoms with E-state index in [1.807, 2.05) is 219 Å². The van der Waals surface area contributed by atoms with E-state index in [1.54, 1.807) is 111 Å². The van der Waals surface area contributed by atoms with Gasteiger partial charge in [-0.2, -0.15) is 84.4 Å². The maximum absolute atomic E-state index is 13.2. The van der Waals surface area contributed by atoms with Gasteiger partial charge in [0.05, 0.1) is 12.2 Å². The number of hydrogen-bond donors (Lipinski definition) is 3. The van der Waals surface area contributed by atoms with E-state index in [0.717, 1.165) is 75.7 Å². The Hall–Kier alpha value is -10.1. The molecule has 9 heterocycles. The minimum absolute atomic E-state index is 0. The van der Waals surface area contributed by atoms with Crippen LogP contribution in [0, 0.1) is 61.0 Å². The smallest absolute Gasteiger partial charge is 0.354 e. The summed E-state index contributed by atoms with van der Waals surface area (Å²) < 4.78 is 25.8. The van der Waals surface area contributed by atoms with Crippen molar-refractivity contribution in [3.63, 3.8) is 0 Å². The molecule has 5 radical (unpaired) electrons. The van der Waals surface area contributed by atoms with Crippen molar-refractivity contribution in [2.75, 3.05) is 0 Å². The predicted octanol–water partition coefficient (Wildman–Crippen LogP) is 22.0. The minimum Gasteiger partial charge on any atom is -0.477 e. The normalized spacial score (nSPS) is 9.61. The van der Waals surface area contributed by atoms with Crippen LogP contribution < -0.4 is 0 Å². The molecule has 15 aromatic rings. The van der Waals surface area contributed by atoms with Gasteiger partial charge in [0, 0.05) is 173 Å². The van der Waals surface area contributed by atoms with E-state index in [2.05, 4.69) is 139 Å². The van der Waals surface area contributed by atoms with Gasteiger partial charge in [-0.3, -0.25) is 18.7 Å². The van der Waals surface area contributed by atoms with E-state index in [0.29, 0.717) is 12.1 Å². The molecule has 0 spiro atoms. The molecule has 117 heavy (non-hydrogen) atoms. The number of carboxylic acid groups (broad SMARTS) is 1. The zero-order valence-electron chi connectivity index (χ0n) is 64.7. The number of thiophene rings is 1. The van der Waals surface area contributed by atoms with Gasteiger partial charge in [0.25, 0.3) is 0 Å². The van der Waals surface area contributed by atoms with Gasteiger partial charge in [-0.25, -0.2) is 21.1 Å². The first-order valence-electron chi connectivity index (χ1n) is 35.4. The van der Waals surface area contributed by atoms with Crippen molar-refractivity contribution >= 4 is 17.3 Å². The number of benzene rings is 6. The van der Waals surface area contributed by atoms with Gasteiger partial charge in [-0.15, -0.1) is 143 Å². The standard InChI is InChI=1S/C15H14N.2C14H12N.C11H6F2N.C9H6NS.C7H7.C6H5NO2.C6H5.2C5H5N.C5H12O2.3Ir.2Rh/c1-12(2)11-13-6-8-14(9-7-13)15-5-3-4-10-16-15;1-2-6-12-7-5-8-13(11-12)14-9-3-4-10-15-14;1-2-5-12-7-9-13(10-8-12)14-6-3-4-11-15-14;12-8-4-5-9(10(13)7-8)11-3-1-2-6-14-11;1-2-6-10-8(4-1)9-5-3-7-11-9;1-7-5-3-2-4-6-7;8-6(9)5-3-1-2-4-7-5;3*1-2-4-6-5-3-1;1-4(6)3-5(2)7;;;;;/h3-8,10H,1,11H2,2H3;2-5,7,9-11H,1,6H2;2-4,6-9,11H,1,5H2;1-4,6-7H;1-4,6-7H;2-3,5-6H,1H3;1-4H,(H,8,9);3*1-5H;4-7H,3H2,1-2H3;;;;;/q6*-1;;-1;;;;;;;;. The zero-order chi connectivity index (χ0) is 80.3. The molecule has 0 saturated carbocycles. The number of allylic oxidation sites excluding steroid dienone is 3. The summed E-state index contributed by atoms with van der Waals surface area (Å²) in [5.74, 6) is -2.28. The van der Waals surface area contributed by atoms with Crippen molar-refractivity contribution < 1.29 is 128 Å².